The molecule has 0 saturated carbocycles. The lowest BCUT2D eigenvalue weighted by atomic mass is 10.1. The molecule has 1 N–H and O–H groups in total. The zero-order chi connectivity index (χ0) is 30.1. The number of aromatic carboxylic acids is 1. The van der Waals surface area contributed by atoms with Crippen LogP contribution in [0.2, 0.25) is 5.02 Å². The number of carboxylic acids is 1. The molecule has 2 aromatic heterocycles. The number of aryl methyl sites for hydroxylation is 1. The van der Waals surface area contributed by atoms with Crippen molar-refractivity contribution in [2.75, 3.05) is 10.8 Å². The molecule has 0 radical (unpaired) electrons. The summed E-state index contributed by atoms with van der Waals surface area (Å²) >= 11 is 6.34. The number of anilines is 1. The van der Waals surface area contributed by atoms with Gasteiger partial charge in [-0.1, -0.05) is 11.6 Å². The van der Waals surface area contributed by atoms with E-state index in [1.165, 1.54) is 33.7 Å². The third-order valence-corrected chi connectivity index (χ3v) is 8.35. The first-order valence-corrected chi connectivity index (χ1v) is 14.6. The predicted molar refractivity (Wildman–Crippen MR) is 154 cm³/mol. The lowest BCUT2D eigenvalue weighted by Crippen LogP contribution is -2.37. The van der Waals surface area contributed by atoms with Crippen LogP contribution in [0.3, 0.4) is 0 Å². The van der Waals surface area contributed by atoms with E-state index < -0.39 is 27.7 Å². The molecule has 10 nitrogen and oxygen atoms in total. The second-order valence-electron chi connectivity index (χ2n) is 10.4. The Morgan fingerprint density at radius 1 is 1.07 bits per heavy atom. The van der Waals surface area contributed by atoms with Crippen LogP contribution in [0.15, 0.2) is 68.5 Å². The number of halogens is 1. The topological polar surface area (TPSA) is 130 Å². The van der Waals surface area contributed by atoms with E-state index in [1.54, 1.807) is 65.0 Å². The number of amides is 1. The van der Waals surface area contributed by atoms with Gasteiger partial charge in [-0.25, -0.2) is 18.0 Å². The van der Waals surface area contributed by atoms with Crippen molar-refractivity contribution in [1.82, 2.24) is 4.90 Å². The van der Waals surface area contributed by atoms with E-state index >= 15 is 0 Å². The maximum Gasteiger partial charge on any atom is 0.411 e. The molecule has 12 heteroatoms. The summed E-state index contributed by atoms with van der Waals surface area (Å²) in [6.07, 6.45) is 0.886. The highest BCUT2D eigenvalue weighted by atomic mass is 35.5. The average molecular weight is 603 g/mol. The van der Waals surface area contributed by atoms with Crippen molar-refractivity contribution in [1.29, 1.82) is 0 Å². The van der Waals surface area contributed by atoms with Gasteiger partial charge < -0.3 is 18.7 Å². The highest BCUT2D eigenvalue weighted by Gasteiger charge is 2.30. The SMILES string of the molecule is CCN(c1ccc(Cl)cc1CN(Cc1ccco1)C(=O)OC(C)(C)C)S(=O)(=O)c1ccc2oc(C(=O)O)c(C)c2c1. The number of nitrogens with zero attached hydrogens (tertiary/aromatic N) is 2. The Balaban J connectivity index is 1.76. The smallest absolute Gasteiger partial charge is 0.411 e. The average Bonchev–Trinajstić information content (AvgIpc) is 3.51. The van der Waals surface area contributed by atoms with Gasteiger partial charge in [-0.2, -0.15) is 0 Å². The first-order valence-electron chi connectivity index (χ1n) is 12.8. The number of hydrogen-bond donors (Lipinski definition) is 1. The molecule has 218 valence electrons. The summed E-state index contributed by atoms with van der Waals surface area (Å²) in [7, 11) is -4.15. The highest BCUT2D eigenvalue weighted by Crippen LogP contribution is 2.33. The van der Waals surface area contributed by atoms with Crippen molar-refractivity contribution in [3.63, 3.8) is 0 Å². The highest BCUT2D eigenvalue weighted by molar-refractivity contribution is 7.92. The lowest BCUT2D eigenvalue weighted by Gasteiger charge is -2.30. The number of benzene rings is 2. The quantitative estimate of drug-likeness (QED) is 0.220. The zero-order valence-corrected chi connectivity index (χ0v) is 24.9. The molecular weight excluding hydrogens is 572 g/mol. The number of furan rings is 2. The molecule has 41 heavy (non-hydrogen) atoms. The Morgan fingerprint density at radius 2 is 1.80 bits per heavy atom. The standard InChI is InChI=1S/C29H31ClN2O8S/c1-6-32(41(36,37)22-10-12-25-23(15-22)18(2)26(39-25)27(33)34)24-11-9-20(30)14-19(24)16-31(17-21-8-7-13-38-21)28(35)40-29(3,4)5/h7-15H,6,16-17H2,1-5H3,(H,33,34). The molecule has 0 aliphatic carbocycles. The lowest BCUT2D eigenvalue weighted by molar-refractivity contribution is 0.0204. The molecular formula is C29H31ClN2O8S. The van der Waals surface area contributed by atoms with E-state index in [4.69, 9.17) is 25.2 Å². The van der Waals surface area contributed by atoms with Crippen molar-refractivity contribution >= 4 is 50.3 Å². The van der Waals surface area contributed by atoms with Crippen molar-refractivity contribution in [3.8, 4) is 0 Å². The number of ether oxygens (including phenoxy) is 1. The largest absolute Gasteiger partial charge is 0.475 e. The van der Waals surface area contributed by atoms with Crippen LogP contribution in [0.5, 0.6) is 0 Å². The molecule has 1 amide bonds. The Morgan fingerprint density at radius 3 is 2.41 bits per heavy atom. The second-order valence-corrected chi connectivity index (χ2v) is 12.7. The van der Waals surface area contributed by atoms with E-state index in [1.807, 2.05) is 0 Å². The minimum Gasteiger partial charge on any atom is -0.475 e. The molecule has 2 aromatic carbocycles. The second kappa shape index (κ2) is 11.5. The number of fused-ring (bicyclic) bond motifs is 1. The summed E-state index contributed by atoms with van der Waals surface area (Å²) in [6.45, 7) is 8.62. The Labute approximate surface area is 243 Å². The number of hydrogen-bond acceptors (Lipinski definition) is 7. The third kappa shape index (κ3) is 6.52. The van der Waals surface area contributed by atoms with Crippen molar-refractivity contribution in [2.24, 2.45) is 0 Å². The van der Waals surface area contributed by atoms with Crippen molar-refractivity contribution < 1.29 is 36.7 Å². The number of carboxylic acid groups (broad SMARTS) is 1. The van der Waals surface area contributed by atoms with E-state index in [2.05, 4.69) is 0 Å². The fourth-order valence-electron chi connectivity index (χ4n) is 4.39. The van der Waals surface area contributed by atoms with Gasteiger partial charge in [0, 0.05) is 22.5 Å². The Hall–Kier alpha value is -3.96. The summed E-state index contributed by atoms with van der Waals surface area (Å²) < 4.78 is 45.7. The first kappa shape index (κ1) is 30.0. The van der Waals surface area contributed by atoms with Crippen LogP contribution in [0.25, 0.3) is 11.0 Å². The van der Waals surface area contributed by atoms with Crippen LogP contribution < -0.4 is 4.31 Å². The monoisotopic (exact) mass is 602 g/mol. The maximum atomic E-state index is 14.0. The van der Waals surface area contributed by atoms with Crippen LogP contribution in [-0.2, 0) is 27.8 Å². The molecule has 4 rings (SSSR count). The minimum absolute atomic E-state index is 0.0284. The Bertz CT molecular complexity index is 1690. The Kier molecular flexibility index (Phi) is 8.41. The summed E-state index contributed by atoms with van der Waals surface area (Å²) in [5.74, 6) is -0.974. The van der Waals surface area contributed by atoms with Crippen LogP contribution >= 0.6 is 11.6 Å². The molecule has 0 atom stereocenters. The van der Waals surface area contributed by atoms with E-state index in [9.17, 15) is 23.1 Å². The molecule has 0 fully saturated rings. The molecule has 0 bridgehead atoms. The predicted octanol–water partition coefficient (Wildman–Crippen LogP) is 6.84. The fraction of sp³-hybridized carbons (Fsp3) is 0.310. The van der Waals surface area contributed by atoms with Gasteiger partial charge in [-0.05, 0) is 88.7 Å². The first-order chi connectivity index (χ1) is 19.2. The summed E-state index contributed by atoms with van der Waals surface area (Å²) in [6, 6.07) is 12.4. The van der Waals surface area contributed by atoms with Crippen molar-refractivity contribution in [3.05, 3.63) is 82.5 Å². The van der Waals surface area contributed by atoms with Crippen LogP contribution in [0, 0.1) is 6.92 Å². The van der Waals surface area contributed by atoms with Gasteiger partial charge in [-0.3, -0.25) is 9.21 Å². The molecule has 0 aliphatic rings. The van der Waals surface area contributed by atoms with E-state index in [0.717, 1.165) is 0 Å². The van der Waals surface area contributed by atoms with E-state index in [0.29, 0.717) is 33.0 Å². The van der Waals surface area contributed by atoms with Crippen LogP contribution in [0.1, 0.15) is 55.1 Å². The van der Waals surface area contributed by atoms with E-state index in [-0.39, 0.29) is 35.9 Å². The van der Waals surface area contributed by atoms with Crippen LogP contribution in [-0.4, -0.2) is 42.6 Å². The third-order valence-electron chi connectivity index (χ3n) is 6.23. The normalized spacial score (nSPS) is 12.0. The van der Waals surface area contributed by atoms with Gasteiger partial charge in [0.1, 0.15) is 16.9 Å². The molecule has 4 aromatic rings. The van der Waals surface area contributed by atoms with Gasteiger partial charge in [0.05, 0.1) is 29.9 Å². The van der Waals surface area contributed by atoms with Gasteiger partial charge >= 0.3 is 12.1 Å². The summed E-state index contributed by atoms with van der Waals surface area (Å²) in [5, 5.41) is 10.1. The molecule has 0 spiro atoms. The maximum absolute atomic E-state index is 14.0. The minimum atomic E-state index is -4.15. The number of carbonyl (C=O) groups is 2. The fourth-order valence-corrected chi connectivity index (χ4v) is 6.13. The molecule has 0 unspecified atom stereocenters. The molecule has 0 aliphatic heterocycles. The summed E-state index contributed by atoms with van der Waals surface area (Å²) in [5.41, 5.74) is 0.610. The molecule has 0 saturated heterocycles. The summed E-state index contributed by atoms with van der Waals surface area (Å²) in [4.78, 5) is 26.1. The number of sulfonamides is 1. The van der Waals surface area contributed by atoms with Crippen molar-refractivity contribution in [2.45, 2.75) is 58.2 Å². The van der Waals surface area contributed by atoms with Gasteiger partial charge in [-0.15, -0.1) is 0 Å². The number of rotatable bonds is 9. The zero-order valence-electron chi connectivity index (χ0n) is 23.3. The van der Waals surface area contributed by atoms with Gasteiger partial charge in [0.2, 0.25) is 5.76 Å². The number of carbonyl (C=O) groups excluding carboxylic acids is 1. The molecule has 2 heterocycles. The van der Waals surface area contributed by atoms with Crippen LogP contribution in [0.4, 0.5) is 10.5 Å². The van der Waals surface area contributed by atoms with Gasteiger partial charge in [0.25, 0.3) is 10.0 Å². The van der Waals surface area contributed by atoms with Gasteiger partial charge in [0.15, 0.2) is 0 Å².